The highest BCUT2D eigenvalue weighted by Crippen LogP contribution is 2.30. The number of fused-ring (bicyclic) bond motifs is 3. The molecule has 0 atom stereocenters. The van der Waals surface area contributed by atoms with Crippen LogP contribution in [0, 0.1) is 0 Å². The van der Waals surface area contributed by atoms with Crippen molar-refractivity contribution in [3.05, 3.63) is 34.5 Å². The first kappa shape index (κ1) is 11.6. The number of rotatable bonds is 0. The lowest BCUT2D eigenvalue weighted by molar-refractivity contribution is 0.317. The number of aryl methyl sites for hydroxylation is 1. The van der Waals surface area contributed by atoms with Crippen molar-refractivity contribution in [1.29, 1.82) is 0 Å². The van der Waals surface area contributed by atoms with Crippen LogP contribution in [-0.4, -0.2) is 15.9 Å². The predicted molar refractivity (Wildman–Crippen MR) is 73.8 cm³/mol. The predicted octanol–water partition coefficient (Wildman–Crippen LogP) is 4.12. The molecule has 1 aliphatic rings. The van der Waals surface area contributed by atoms with Gasteiger partial charge in [0.2, 0.25) is 0 Å². The summed E-state index contributed by atoms with van der Waals surface area (Å²) in [7, 11) is 0. The zero-order chi connectivity index (χ0) is 12.5. The van der Waals surface area contributed by atoms with Crippen LogP contribution in [0.4, 0.5) is 0 Å². The van der Waals surface area contributed by atoms with Crippen molar-refractivity contribution < 1.29 is 5.21 Å². The van der Waals surface area contributed by atoms with Crippen molar-refractivity contribution in [3.63, 3.8) is 0 Å². The second-order valence-electron chi connectivity index (χ2n) is 4.78. The van der Waals surface area contributed by atoms with Crippen LogP contribution >= 0.6 is 11.6 Å². The van der Waals surface area contributed by atoms with Crippen LogP contribution in [0.25, 0.3) is 10.9 Å². The van der Waals surface area contributed by atoms with Gasteiger partial charge in [-0.2, -0.15) is 0 Å². The Morgan fingerprint density at radius 2 is 2.00 bits per heavy atom. The molecule has 2 aromatic rings. The van der Waals surface area contributed by atoms with Crippen LogP contribution in [0.5, 0.6) is 0 Å². The summed E-state index contributed by atoms with van der Waals surface area (Å²) in [6, 6.07) is 5.85. The molecule has 1 aromatic heterocycles. The van der Waals surface area contributed by atoms with E-state index < -0.39 is 0 Å². The van der Waals surface area contributed by atoms with E-state index in [0.29, 0.717) is 0 Å². The van der Waals surface area contributed by atoms with E-state index in [-0.39, 0.29) is 0 Å². The van der Waals surface area contributed by atoms with Crippen molar-refractivity contribution in [3.8, 4) is 0 Å². The van der Waals surface area contributed by atoms with E-state index in [0.717, 1.165) is 46.6 Å². The Morgan fingerprint density at radius 3 is 2.83 bits per heavy atom. The molecule has 0 spiro atoms. The molecule has 0 bridgehead atoms. The van der Waals surface area contributed by atoms with Gasteiger partial charge in [-0.05, 0) is 49.4 Å². The third kappa shape index (κ3) is 1.89. The lowest BCUT2D eigenvalue weighted by atomic mass is 9.95. The number of nitrogens with one attached hydrogen (secondary N) is 1. The van der Waals surface area contributed by atoms with E-state index in [1.165, 1.54) is 18.4 Å². The Labute approximate surface area is 110 Å². The molecule has 18 heavy (non-hydrogen) atoms. The molecule has 2 N–H and O–H groups in total. The van der Waals surface area contributed by atoms with Crippen LogP contribution < -0.4 is 0 Å². The number of hydrogen-bond donors (Lipinski definition) is 2. The number of aromatic amines is 1. The highest BCUT2D eigenvalue weighted by Gasteiger charge is 2.18. The third-order valence-electron chi connectivity index (χ3n) is 3.62. The van der Waals surface area contributed by atoms with Crippen LogP contribution in [0.2, 0.25) is 5.02 Å². The third-order valence-corrected chi connectivity index (χ3v) is 3.85. The van der Waals surface area contributed by atoms with Crippen molar-refractivity contribution in [2.45, 2.75) is 32.1 Å². The van der Waals surface area contributed by atoms with Gasteiger partial charge in [-0.25, -0.2) is 0 Å². The Morgan fingerprint density at radius 1 is 1.17 bits per heavy atom. The second kappa shape index (κ2) is 4.65. The largest absolute Gasteiger partial charge is 0.411 e. The molecule has 0 aliphatic heterocycles. The normalized spacial score (nSPS) is 18.6. The molecule has 0 unspecified atom stereocenters. The zero-order valence-electron chi connectivity index (χ0n) is 10.0. The van der Waals surface area contributed by atoms with Gasteiger partial charge in [-0.1, -0.05) is 23.2 Å². The van der Waals surface area contributed by atoms with E-state index >= 15 is 0 Å². The molecule has 3 rings (SSSR count). The number of halogens is 1. The van der Waals surface area contributed by atoms with Gasteiger partial charge in [0, 0.05) is 15.9 Å². The summed E-state index contributed by atoms with van der Waals surface area (Å²) in [5.41, 5.74) is 4.04. The molecule has 0 fully saturated rings. The maximum Gasteiger partial charge on any atom is 0.103 e. The van der Waals surface area contributed by atoms with Gasteiger partial charge < -0.3 is 10.2 Å². The van der Waals surface area contributed by atoms with Gasteiger partial charge in [0.05, 0.1) is 5.69 Å². The average Bonchev–Trinajstić information content (AvgIpc) is 2.67. The van der Waals surface area contributed by atoms with Gasteiger partial charge in [-0.15, -0.1) is 0 Å². The fraction of sp³-hybridized carbons (Fsp3) is 0.357. The number of nitrogens with zero attached hydrogens (tertiary/aromatic N) is 1. The second-order valence-corrected chi connectivity index (χ2v) is 5.21. The molecule has 0 radical (unpaired) electrons. The van der Waals surface area contributed by atoms with E-state index in [1.54, 1.807) is 0 Å². The first-order valence-electron chi connectivity index (χ1n) is 6.31. The average molecular weight is 263 g/mol. The number of hydrogen-bond acceptors (Lipinski definition) is 2. The van der Waals surface area contributed by atoms with Gasteiger partial charge >= 0.3 is 0 Å². The van der Waals surface area contributed by atoms with Crippen LogP contribution in [0.15, 0.2) is 23.4 Å². The summed E-state index contributed by atoms with van der Waals surface area (Å²) >= 11 is 6.07. The van der Waals surface area contributed by atoms with Crippen LogP contribution in [0.1, 0.15) is 36.9 Å². The quantitative estimate of drug-likeness (QED) is 0.545. The Bertz CT molecular complexity index is 616. The molecule has 1 aliphatic carbocycles. The molecule has 4 heteroatoms. The van der Waals surface area contributed by atoms with Crippen LogP contribution in [-0.2, 0) is 6.42 Å². The Kier molecular flexibility index (Phi) is 3.00. The zero-order valence-corrected chi connectivity index (χ0v) is 10.8. The monoisotopic (exact) mass is 262 g/mol. The minimum atomic E-state index is 0.744. The Balaban J connectivity index is 2.25. The summed E-state index contributed by atoms with van der Waals surface area (Å²) in [5, 5.41) is 14.5. The first-order valence-corrected chi connectivity index (χ1v) is 6.69. The summed E-state index contributed by atoms with van der Waals surface area (Å²) in [6.07, 6.45) is 5.25. The fourth-order valence-electron chi connectivity index (χ4n) is 2.72. The molecular weight excluding hydrogens is 248 g/mol. The van der Waals surface area contributed by atoms with Crippen molar-refractivity contribution >= 4 is 28.2 Å². The first-order chi connectivity index (χ1) is 8.79. The molecule has 3 nitrogen and oxygen atoms in total. The van der Waals surface area contributed by atoms with E-state index in [4.69, 9.17) is 11.6 Å². The fourth-order valence-corrected chi connectivity index (χ4v) is 2.89. The minimum Gasteiger partial charge on any atom is -0.411 e. The number of oxime groups is 1. The summed E-state index contributed by atoms with van der Waals surface area (Å²) < 4.78 is 0. The SMILES string of the molecule is ON=C1CCCCCc2c1[nH]c1ccc(Cl)cc21. The number of H-pyrrole nitrogens is 1. The topological polar surface area (TPSA) is 48.4 Å². The summed E-state index contributed by atoms with van der Waals surface area (Å²) in [6.45, 7) is 0. The smallest absolute Gasteiger partial charge is 0.103 e. The standard InChI is InChI=1S/C14H15ClN2O/c15-9-6-7-12-11(8-9)10-4-2-1-3-5-13(17-18)14(10)16-12/h6-8,16,18H,1-5H2. The maximum absolute atomic E-state index is 9.18. The van der Waals surface area contributed by atoms with E-state index in [9.17, 15) is 5.21 Å². The maximum atomic E-state index is 9.18. The van der Waals surface area contributed by atoms with Crippen molar-refractivity contribution in [2.75, 3.05) is 0 Å². The molecular formula is C14H15ClN2O. The van der Waals surface area contributed by atoms with Gasteiger partial charge in [0.25, 0.3) is 0 Å². The van der Waals surface area contributed by atoms with E-state index in [2.05, 4.69) is 10.1 Å². The highest BCUT2D eigenvalue weighted by atomic mass is 35.5. The summed E-state index contributed by atoms with van der Waals surface area (Å²) in [5.74, 6) is 0. The number of benzene rings is 1. The lowest BCUT2D eigenvalue weighted by Crippen LogP contribution is -2.08. The number of aromatic nitrogens is 1. The van der Waals surface area contributed by atoms with Crippen LogP contribution in [0.3, 0.4) is 0 Å². The van der Waals surface area contributed by atoms with Gasteiger partial charge in [0.1, 0.15) is 5.71 Å². The molecule has 0 saturated heterocycles. The van der Waals surface area contributed by atoms with Gasteiger partial charge in [0.15, 0.2) is 0 Å². The molecule has 1 heterocycles. The van der Waals surface area contributed by atoms with E-state index in [1.807, 2.05) is 18.2 Å². The molecule has 0 saturated carbocycles. The highest BCUT2D eigenvalue weighted by molar-refractivity contribution is 6.31. The molecule has 94 valence electrons. The Hall–Kier alpha value is -1.48. The summed E-state index contributed by atoms with van der Waals surface area (Å²) in [4.78, 5) is 3.36. The van der Waals surface area contributed by atoms with Crippen molar-refractivity contribution in [2.24, 2.45) is 5.16 Å². The molecule has 0 amide bonds. The van der Waals surface area contributed by atoms with Gasteiger partial charge in [-0.3, -0.25) is 0 Å². The van der Waals surface area contributed by atoms with Crippen molar-refractivity contribution in [1.82, 2.24) is 4.98 Å². The molecule has 1 aromatic carbocycles. The lowest BCUT2D eigenvalue weighted by Gasteiger charge is -2.10. The minimum absolute atomic E-state index is 0.744.